The largest absolute Gasteiger partial charge is 0.444 e. The summed E-state index contributed by atoms with van der Waals surface area (Å²) in [5.74, 6) is -0.685. The van der Waals surface area contributed by atoms with Gasteiger partial charge in [0.25, 0.3) is 0 Å². The maximum Gasteiger partial charge on any atom is 0.410 e. The summed E-state index contributed by atoms with van der Waals surface area (Å²) < 4.78 is 19.0. The van der Waals surface area contributed by atoms with Gasteiger partial charge in [0.1, 0.15) is 16.6 Å². The van der Waals surface area contributed by atoms with Gasteiger partial charge in [0.15, 0.2) is 11.0 Å². The normalized spacial score (nSPS) is 18.3. The van der Waals surface area contributed by atoms with E-state index >= 15 is 0 Å². The Morgan fingerprint density at radius 2 is 2.00 bits per heavy atom. The number of amidine groups is 1. The van der Waals surface area contributed by atoms with Crippen LogP contribution in [-0.4, -0.2) is 58.0 Å². The zero-order valence-corrected chi connectivity index (χ0v) is 16.1. The molecule has 9 heteroatoms. The maximum atomic E-state index is 13.7. The zero-order valence-electron chi connectivity index (χ0n) is 14.6. The molecule has 0 saturated carbocycles. The molecule has 0 aliphatic carbocycles. The number of hydrogen-bond acceptors (Lipinski definition) is 4. The third-order valence-corrected chi connectivity index (χ3v) is 4.26. The molecule has 6 nitrogen and oxygen atoms in total. The Hall–Kier alpha value is -1.60. The van der Waals surface area contributed by atoms with E-state index in [1.165, 1.54) is 0 Å². The van der Waals surface area contributed by atoms with Crippen LogP contribution in [0.15, 0.2) is 6.07 Å². The molecule has 0 aromatic carbocycles. The van der Waals surface area contributed by atoms with E-state index in [4.69, 9.17) is 33.3 Å². The summed E-state index contributed by atoms with van der Waals surface area (Å²) in [7, 11) is 0. The van der Waals surface area contributed by atoms with E-state index in [9.17, 15) is 9.18 Å². The van der Waals surface area contributed by atoms with Crippen molar-refractivity contribution in [3.63, 3.8) is 0 Å². The second-order valence-electron chi connectivity index (χ2n) is 6.92. The number of nitrogens with zero attached hydrogens (tertiary/aromatic N) is 3. The molecule has 0 radical (unpaired) electrons. The highest BCUT2D eigenvalue weighted by atomic mass is 35.5. The van der Waals surface area contributed by atoms with Crippen LogP contribution in [0.1, 0.15) is 33.3 Å². The number of aromatic nitrogens is 1. The number of carbonyl (C=O) groups is 1. The van der Waals surface area contributed by atoms with Gasteiger partial charge in [-0.1, -0.05) is 23.2 Å². The van der Waals surface area contributed by atoms with Gasteiger partial charge in [-0.2, -0.15) is 0 Å². The van der Waals surface area contributed by atoms with E-state index in [0.29, 0.717) is 19.6 Å². The van der Waals surface area contributed by atoms with Crippen LogP contribution >= 0.6 is 23.2 Å². The molecule has 25 heavy (non-hydrogen) atoms. The Morgan fingerprint density at radius 3 is 2.56 bits per heavy atom. The lowest BCUT2D eigenvalue weighted by atomic mass is 10.1. The van der Waals surface area contributed by atoms with E-state index < -0.39 is 11.4 Å². The van der Waals surface area contributed by atoms with Crippen molar-refractivity contribution >= 4 is 35.1 Å². The van der Waals surface area contributed by atoms with E-state index in [-0.39, 0.29) is 33.8 Å². The molecule has 0 spiro atoms. The van der Waals surface area contributed by atoms with Gasteiger partial charge in [-0.3, -0.25) is 5.41 Å². The molecule has 0 bridgehead atoms. The molecule has 1 aliphatic rings. The quantitative estimate of drug-likeness (QED) is 0.449. The minimum atomic E-state index is -0.731. The molecule has 0 unspecified atom stereocenters. The van der Waals surface area contributed by atoms with Crippen LogP contribution in [0.25, 0.3) is 0 Å². The third-order valence-electron chi connectivity index (χ3n) is 3.71. The van der Waals surface area contributed by atoms with E-state index in [2.05, 4.69) is 4.98 Å². The van der Waals surface area contributed by atoms with Gasteiger partial charge in [0.2, 0.25) is 0 Å². The number of ether oxygens (including phenoxy) is 1. The molecular weight excluding hydrogens is 370 g/mol. The van der Waals surface area contributed by atoms with Gasteiger partial charge < -0.3 is 14.5 Å². The second-order valence-corrected chi connectivity index (χ2v) is 7.63. The summed E-state index contributed by atoms with van der Waals surface area (Å²) >= 11 is 11.6. The minimum absolute atomic E-state index is 0.0295. The standard InChI is InChI=1S/C16H21Cl2FN4O2/c1-9-8-22(15(24)25-16(2,3)4)5-6-23(9)14(20)10-7-11(19)13(18)21-12(10)17/h7,9,20H,5-6,8H2,1-4H3/t9-/m0/s1. The van der Waals surface area contributed by atoms with E-state index in [1.54, 1.807) is 9.80 Å². The van der Waals surface area contributed by atoms with Gasteiger partial charge in [0.05, 0.1) is 5.56 Å². The van der Waals surface area contributed by atoms with Gasteiger partial charge >= 0.3 is 6.09 Å². The molecule has 1 atom stereocenters. The van der Waals surface area contributed by atoms with Crippen LogP contribution in [0.2, 0.25) is 10.3 Å². The number of halogens is 3. The number of nitrogens with one attached hydrogen (secondary N) is 1. The molecule has 138 valence electrons. The first-order valence-electron chi connectivity index (χ1n) is 7.84. The number of pyridine rings is 1. The van der Waals surface area contributed by atoms with Gasteiger partial charge in [0, 0.05) is 25.7 Å². The van der Waals surface area contributed by atoms with Crippen molar-refractivity contribution in [2.45, 2.75) is 39.3 Å². The summed E-state index contributed by atoms with van der Waals surface area (Å²) in [6, 6.07) is 0.941. The monoisotopic (exact) mass is 390 g/mol. The Labute approximate surface area is 156 Å². The van der Waals surface area contributed by atoms with E-state index in [0.717, 1.165) is 6.07 Å². The second kappa shape index (κ2) is 7.33. The molecular formula is C16H21Cl2FN4O2. The Balaban J connectivity index is 2.10. The smallest absolute Gasteiger partial charge is 0.410 e. The number of rotatable bonds is 1. The van der Waals surface area contributed by atoms with Gasteiger partial charge in [-0.25, -0.2) is 14.2 Å². The zero-order chi connectivity index (χ0) is 18.9. The molecule has 1 amide bonds. The molecule has 1 N–H and O–H groups in total. The molecule has 1 aromatic rings. The minimum Gasteiger partial charge on any atom is -0.444 e. The summed E-state index contributed by atoms with van der Waals surface area (Å²) in [6.07, 6.45) is -0.386. The first-order valence-corrected chi connectivity index (χ1v) is 8.60. The Kier molecular flexibility index (Phi) is 5.79. The van der Waals surface area contributed by atoms with Crippen molar-refractivity contribution in [3.05, 3.63) is 27.8 Å². The summed E-state index contributed by atoms with van der Waals surface area (Å²) in [6.45, 7) is 8.48. The van der Waals surface area contributed by atoms with Crippen LogP contribution in [0.4, 0.5) is 9.18 Å². The predicted molar refractivity (Wildman–Crippen MR) is 95.0 cm³/mol. The average molecular weight is 391 g/mol. The van der Waals surface area contributed by atoms with Crippen LogP contribution in [0.3, 0.4) is 0 Å². The lowest BCUT2D eigenvalue weighted by Gasteiger charge is -2.41. The molecule has 2 rings (SSSR count). The average Bonchev–Trinajstić information content (AvgIpc) is 2.48. The summed E-state index contributed by atoms with van der Waals surface area (Å²) in [4.78, 5) is 19.2. The van der Waals surface area contributed by atoms with Crippen LogP contribution in [-0.2, 0) is 4.74 Å². The molecule has 2 heterocycles. The van der Waals surface area contributed by atoms with Gasteiger partial charge in [-0.05, 0) is 33.8 Å². The SMILES string of the molecule is C[C@H]1CN(C(=O)OC(C)(C)C)CCN1C(=N)c1cc(F)c(Cl)nc1Cl. The Morgan fingerprint density at radius 1 is 1.36 bits per heavy atom. The Bertz CT molecular complexity index is 693. The van der Waals surface area contributed by atoms with Crippen molar-refractivity contribution in [2.24, 2.45) is 0 Å². The van der Waals surface area contributed by atoms with Crippen molar-refractivity contribution in [1.29, 1.82) is 5.41 Å². The fourth-order valence-corrected chi connectivity index (χ4v) is 2.96. The number of amides is 1. The highest BCUT2D eigenvalue weighted by Crippen LogP contribution is 2.24. The fraction of sp³-hybridized carbons (Fsp3) is 0.562. The third kappa shape index (κ3) is 4.73. The topological polar surface area (TPSA) is 69.5 Å². The molecule has 1 saturated heterocycles. The van der Waals surface area contributed by atoms with Crippen LogP contribution in [0, 0.1) is 11.2 Å². The van der Waals surface area contributed by atoms with Gasteiger partial charge in [-0.15, -0.1) is 0 Å². The van der Waals surface area contributed by atoms with Crippen LogP contribution in [0.5, 0.6) is 0 Å². The highest BCUT2D eigenvalue weighted by Gasteiger charge is 2.32. The maximum absolute atomic E-state index is 13.7. The first kappa shape index (κ1) is 19.7. The fourth-order valence-electron chi connectivity index (χ4n) is 2.55. The summed E-state index contributed by atoms with van der Waals surface area (Å²) in [5.41, 5.74) is -0.398. The summed E-state index contributed by atoms with van der Waals surface area (Å²) in [5, 5.41) is 7.98. The van der Waals surface area contributed by atoms with Crippen molar-refractivity contribution < 1.29 is 13.9 Å². The van der Waals surface area contributed by atoms with Crippen molar-refractivity contribution in [1.82, 2.24) is 14.8 Å². The lowest BCUT2D eigenvalue weighted by Crippen LogP contribution is -2.56. The molecule has 1 aromatic heterocycles. The predicted octanol–water partition coefficient (Wildman–Crippen LogP) is 3.79. The highest BCUT2D eigenvalue weighted by molar-refractivity contribution is 6.34. The van der Waals surface area contributed by atoms with Crippen LogP contribution < -0.4 is 0 Å². The molecule has 1 fully saturated rings. The number of carbonyl (C=O) groups excluding carboxylic acids is 1. The first-order chi connectivity index (χ1) is 11.5. The van der Waals surface area contributed by atoms with Crippen molar-refractivity contribution in [3.8, 4) is 0 Å². The van der Waals surface area contributed by atoms with Crippen molar-refractivity contribution in [2.75, 3.05) is 19.6 Å². The number of hydrogen-bond donors (Lipinski definition) is 1. The lowest BCUT2D eigenvalue weighted by molar-refractivity contribution is 0.0133. The van der Waals surface area contributed by atoms with E-state index in [1.807, 2.05) is 27.7 Å². The molecule has 1 aliphatic heterocycles. The number of piperazine rings is 1.